The zero-order valence-electron chi connectivity index (χ0n) is 9.57. The summed E-state index contributed by atoms with van der Waals surface area (Å²) < 4.78 is 40.2. The lowest BCUT2D eigenvalue weighted by Crippen LogP contribution is -2.32. The van der Waals surface area contributed by atoms with Crippen molar-refractivity contribution in [2.75, 3.05) is 5.32 Å². The normalized spacial score (nSPS) is 25.8. The molecular weight excluding hydrogens is 267 g/mol. The molecule has 1 saturated carbocycles. The van der Waals surface area contributed by atoms with Gasteiger partial charge in [-0.1, -0.05) is 19.3 Å². The fraction of sp³-hybridized carbons (Fsp3) is 0.800. The SMILES string of the molecule is OC1CCCCCC1Nc1nc(C(F)(F)F)ns1. The van der Waals surface area contributed by atoms with Gasteiger partial charge in [0.05, 0.1) is 12.1 Å². The Hall–Kier alpha value is -0.890. The van der Waals surface area contributed by atoms with Crippen molar-refractivity contribution >= 4 is 16.7 Å². The number of alkyl halides is 3. The van der Waals surface area contributed by atoms with Gasteiger partial charge >= 0.3 is 6.18 Å². The molecule has 1 aromatic rings. The summed E-state index contributed by atoms with van der Waals surface area (Å²) in [5, 5.41) is 12.8. The van der Waals surface area contributed by atoms with E-state index < -0.39 is 18.1 Å². The number of rotatable bonds is 2. The van der Waals surface area contributed by atoms with Crippen molar-refractivity contribution in [3.05, 3.63) is 5.82 Å². The molecule has 0 bridgehead atoms. The minimum atomic E-state index is -4.52. The second-order valence-electron chi connectivity index (χ2n) is 4.38. The Balaban J connectivity index is 2.02. The number of hydrogen-bond acceptors (Lipinski definition) is 5. The highest BCUT2D eigenvalue weighted by Crippen LogP contribution is 2.30. The number of nitrogens with one attached hydrogen (secondary N) is 1. The lowest BCUT2D eigenvalue weighted by atomic mass is 10.1. The van der Waals surface area contributed by atoms with Crippen LogP contribution >= 0.6 is 11.5 Å². The molecular formula is C10H14F3N3OS. The zero-order chi connectivity index (χ0) is 13.2. The summed E-state index contributed by atoms with van der Waals surface area (Å²) in [5.74, 6) is -1.13. The smallest absolute Gasteiger partial charge is 0.391 e. The second kappa shape index (κ2) is 5.40. The number of aliphatic hydroxyl groups is 1. The van der Waals surface area contributed by atoms with E-state index in [9.17, 15) is 18.3 Å². The van der Waals surface area contributed by atoms with Gasteiger partial charge in [0.2, 0.25) is 11.0 Å². The van der Waals surface area contributed by atoms with E-state index in [1.807, 2.05) is 0 Å². The van der Waals surface area contributed by atoms with Gasteiger partial charge in [0.25, 0.3) is 0 Å². The lowest BCUT2D eigenvalue weighted by molar-refractivity contribution is -0.144. The quantitative estimate of drug-likeness (QED) is 0.818. The Morgan fingerprint density at radius 3 is 2.61 bits per heavy atom. The van der Waals surface area contributed by atoms with E-state index in [0.29, 0.717) is 18.0 Å². The monoisotopic (exact) mass is 281 g/mol. The van der Waals surface area contributed by atoms with Gasteiger partial charge in [-0.05, 0) is 12.8 Å². The molecule has 1 aromatic heterocycles. The molecule has 0 amide bonds. The molecule has 0 radical (unpaired) electrons. The predicted molar refractivity (Wildman–Crippen MR) is 61.4 cm³/mol. The molecule has 0 spiro atoms. The molecule has 8 heteroatoms. The van der Waals surface area contributed by atoms with E-state index >= 15 is 0 Å². The summed E-state index contributed by atoms with van der Waals surface area (Å²) in [6.45, 7) is 0. The van der Waals surface area contributed by atoms with Crippen LogP contribution in [0.15, 0.2) is 0 Å². The van der Waals surface area contributed by atoms with E-state index in [1.54, 1.807) is 0 Å². The van der Waals surface area contributed by atoms with Gasteiger partial charge in [0.15, 0.2) is 0 Å². The van der Waals surface area contributed by atoms with Gasteiger partial charge in [-0.25, -0.2) is 0 Å². The molecule has 0 aliphatic heterocycles. The maximum Gasteiger partial charge on any atom is 0.452 e. The third-order valence-corrected chi connectivity index (χ3v) is 3.61. The predicted octanol–water partition coefficient (Wildman–Crippen LogP) is 2.66. The summed E-state index contributed by atoms with van der Waals surface area (Å²) in [6.07, 6.45) is -0.698. The number of hydrogen-bond donors (Lipinski definition) is 2. The highest BCUT2D eigenvalue weighted by molar-refractivity contribution is 7.09. The summed E-state index contributed by atoms with van der Waals surface area (Å²) in [6, 6.07) is -0.235. The van der Waals surface area contributed by atoms with Crippen molar-refractivity contribution in [2.45, 2.75) is 50.4 Å². The van der Waals surface area contributed by atoms with Crippen molar-refractivity contribution in [1.82, 2.24) is 9.36 Å². The topological polar surface area (TPSA) is 58.0 Å². The molecule has 1 aliphatic carbocycles. The first kappa shape index (κ1) is 13.5. The largest absolute Gasteiger partial charge is 0.452 e. The Kier molecular flexibility index (Phi) is 4.06. The van der Waals surface area contributed by atoms with E-state index in [1.165, 1.54) is 0 Å². The minimum absolute atomic E-state index is 0.119. The van der Waals surface area contributed by atoms with E-state index in [4.69, 9.17) is 0 Å². The van der Waals surface area contributed by atoms with Crippen molar-refractivity contribution in [2.24, 2.45) is 0 Å². The fourth-order valence-corrected chi connectivity index (χ4v) is 2.66. The van der Waals surface area contributed by atoms with Crippen molar-refractivity contribution in [3.63, 3.8) is 0 Å². The van der Waals surface area contributed by atoms with Crippen LogP contribution in [0.25, 0.3) is 0 Å². The van der Waals surface area contributed by atoms with Crippen LogP contribution in [0, 0.1) is 0 Å². The molecule has 1 heterocycles. The van der Waals surface area contributed by atoms with Gasteiger partial charge in [-0.15, -0.1) is 0 Å². The Bertz CT molecular complexity index is 396. The lowest BCUT2D eigenvalue weighted by Gasteiger charge is -2.20. The van der Waals surface area contributed by atoms with E-state index in [0.717, 1.165) is 25.7 Å². The van der Waals surface area contributed by atoms with Gasteiger partial charge < -0.3 is 10.4 Å². The number of anilines is 1. The molecule has 4 nitrogen and oxygen atoms in total. The molecule has 0 saturated heterocycles. The first-order chi connectivity index (χ1) is 8.47. The van der Waals surface area contributed by atoms with Gasteiger partial charge in [-0.2, -0.15) is 22.5 Å². The molecule has 1 aliphatic rings. The molecule has 2 N–H and O–H groups in total. The van der Waals surface area contributed by atoms with Crippen molar-refractivity contribution in [1.29, 1.82) is 0 Å². The molecule has 18 heavy (non-hydrogen) atoms. The first-order valence-corrected chi connectivity index (χ1v) is 6.59. The summed E-state index contributed by atoms with van der Waals surface area (Å²) in [7, 11) is 0. The average Bonchev–Trinajstić information content (AvgIpc) is 2.66. The average molecular weight is 281 g/mol. The Labute approximate surface area is 106 Å². The zero-order valence-corrected chi connectivity index (χ0v) is 10.4. The molecule has 0 aromatic carbocycles. The van der Waals surface area contributed by atoms with Crippen LogP contribution in [0.1, 0.15) is 37.9 Å². The number of aliphatic hydroxyl groups excluding tert-OH is 1. The molecule has 2 unspecified atom stereocenters. The van der Waals surface area contributed by atoms with Crippen LogP contribution in [-0.4, -0.2) is 26.6 Å². The molecule has 1 fully saturated rings. The van der Waals surface area contributed by atoms with Crippen LogP contribution in [0.2, 0.25) is 0 Å². The standard InChI is InChI=1S/C10H14F3N3OS/c11-10(12,13)8-15-9(18-16-8)14-6-4-2-1-3-5-7(6)17/h6-7,17H,1-5H2,(H,14,15,16). The maximum atomic E-state index is 12.3. The number of halogens is 3. The van der Waals surface area contributed by atoms with Crippen LogP contribution in [0.3, 0.4) is 0 Å². The third-order valence-electron chi connectivity index (χ3n) is 2.97. The summed E-state index contributed by atoms with van der Waals surface area (Å²) in [5.41, 5.74) is 0. The molecule has 2 rings (SSSR count). The number of nitrogens with zero attached hydrogens (tertiary/aromatic N) is 2. The second-order valence-corrected chi connectivity index (χ2v) is 5.13. The molecule has 2 atom stereocenters. The van der Waals surface area contributed by atoms with E-state index in [2.05, 4.69) is 14.7 Å². The Morgan fingerprint density at radius 1 is 1.22 bits per heavy atom. The van der Waals surface area contributed by atoms with Gasteiger partial charge in [0.1, 0.15) is 0 Å². The van der Waals surface area contributed by atoms with Crippen LogP contribution in [0.4, 0.5) is 18.3 Å². The third kappa shape index (κ3) is 3.32. The fourth-order valence-electron chi connectivity index (χ4n) is 2.01. The van der Waals surface area contributed by atoms with E-state index in [-0.39, 0.29) is 11.2 Å². The highest BCUT2D eigenvalue weighted by Gasteiger charge is 2.36. The van der Waals surface area contributed by atoms with Crippen molar-refractivity contribution in [3.8, 4) is 0 Å². The van der Waals surface area contributed by atoms with Crippen LogP contribution < -0.4 is 5.32 Å². The maximum absolute atomic E-state index is 12.3. The van der Waals surface area contributed by atoms with Gasteiger partial charge in [-0.3, -0.25) is 0 Å². The number of aromatic nitrogens is 2. The highest BCUT2D eigenvalue weighted by atomic mass is 32.1. The van der Waals surface area contributed by atoms with Gasteiger partial charge in [0, 0.05) is 11.5 Å². The van der Waals surface area contributed by atoms with Crippen molar-refractivity contribution < 1.29 is 18.3 Å². The van der Waals surface area contributed by atoms with Crippen LogP contribution in [0.5, 0.6) is 0 Å². The molecule has 102 valence electrons. The summed E-state index contributed by atoms with van der Waals surface area (Å²) >= 11 is 0.676. The first-order valence-electron chi connectivity index (χ1n) is 5.82. The Morgan fingerprint density at radius 2 is 1.94 bits per heavy atom. The summed E-state index contributed by atoms with van der Waals surface area (Å²) in [4.78, 5) is 3.40. The minimum Gasteiger partial charge on any atom is -0.391 e. The van der Waals surface area contributed by atoms with Crippen LogP contribution in [-0.2, 0) is 6.18 Å².